The summed E-state index contributed by atoms with van der Waals surface area (Å²) < 4.78 is 11.7. The van der Waals surface area contributed by atoms with Gasteiger partial charge in [0.2, 0.25) is 0 Å². The molecule has 2 saturated heterocycles. The van der Waals surface area contributed by atoms with Crippen molar-refractivity contribution in [3.05, 3.63) is 49.1 Å². The predicted molar refractivity (Wildman–Crippen MR) is 118 cm³/mol. The van der Waals surface area contributed by atoms with Crippen molar-refractivity contribution in [3.63, 3.8) is 0 Å². The molecule has 6 nitrogen and oxygen atoms in total. The highest BCUT2D eigenvalue weighted by Crippen LogP contribution is 2.68. The van der Waals surface area contributed by atoms with Crippen LogP contribution < -0.4 is 0 Å². The highest BCUT2D eigenvalue weighted by molar-refractivity contribution is 6.07. The molecule has 6 rings (SSSR count). The molecule has 172 valence electrons. The number of ketones is 2. The van der Waals surface area contributed by atoms with Crippen molar-refractivity contribution < 1.29 is 29.3 Å². The van der Waals surface area contributed by atoms with Crippen LogP contribution in [0, 0.1) is 23.2 Å². The third kappa shape index (κ3) is 3.00. The molecule has 2 N–H and O–H groups in total. The predicted octanol–water partition coefficient (Wildman–Crippen LogP) is 2.46. The summed E-state index contributed by atoms with van der Waals surface area (Å²) in [6.45, 7) is 8.11. The van der Waals surface area contributed by atoms with Gasteiger partial charge in [-0.1, -0.05) is 30.4 Å². The van der Waals surface area contributed by atoms with Crippen LogP contribution in [0.1, 0.15) is 38.5 Å². The number of hydrogen-bond donors (Lipinski definition) is 2. The molecule has 2 bridgehead atoms. The molecule has 3 unspecified atom stereocenters. The zero-order valence-corrected chi connectivity index (χ0v) is 18.4. The third-order valence-electron chi connectivity index (χ3n) is 8.34. The van der Waals surface area contributed by atoms with Crippen LogP contribution in [0.5, 0.6) is 0 Å². The number of aliphatic hydroxyl groups is 2. The Kier molecular flexibility index (Phi) is 5.21. The van der Waals surface area contributed by atoms with Gasteiger partial charge in [0, 0.05) is 17.8 Å². The summed E-state index contributed by atoms with van der Waals surface area (Å²) in [5, 5.41) is 20.5. The fourth-order valence-electron chi connectivity index (χ4n) is 6.53. The number of hydrogen-bond acceptors (Lipinski definition) is 6. The van der Waals surface area contributed by atoms with Gasteiger partial charge in [0.25, 0.3) is 0 Å². The Bertz CT molecular complexity index is 907. The van der Waals surface area contributed by atoms with Gasteiger partial charge in [0.05, 0.1) is 30.8 Å². The van der Waals surface area contributed by atoms with Crippen molar-refractivity contribution in [2.45, 2.75) is 61.9 Å². The highest BCUT2D eigenvalue weighted by atomic mass is 16.6. The molecule has 8 atom stereocenters. The lowest BCUT2D eigenvalue weighted by atomic mass is 9.44. The van der Waals surface area contributed by atoms with E-state index >= 15 is 0 Å². The fourth-order valence-corrected chi connectivity index (χ4v) is 6.53. The minimum absolute atomic E-state index is 0.00408. The van der Waals surface area contributed by atoms with E-state index in [2.05, 4.69) is 19.2 Å². The van der Waals surface area contributed by atoms with Crippen LogP contribution in [0.2, 0.25) is 0 Å². The van der Waals surface area contributed by atoms with Crippen molar-refractivity contribution in [2.75, 3.05) is 13.2 Å². The topological polar surface area (TPSA) is 99.7 Å². The third-order valence-corrected chi connectivity index (χ3v) is 8.34. The Morgan fingerprint density at radius 1 is 1.03 bits per heavy atom. The van der Waals surface area contributed by atoms with Gasteiger partial charge in [0.15, 0.2) is 22.8 Å². The molecule has 0 radical (unpaired) electrons. The Morgan fingerprint density at radius 2 is 1.66 bits per heavy atom. The van der Waals surface area contributed by atoms with E-state index in [1.807, 2.05) is 12.2 Å². The number of rotatable bonds is 10. The molecule has 3 fully saturated rings. The van der Waals surface area contributed by atoms with Gasteiger partial charge < -0.3 is 19.7 Å². The Hall–Kier alpha value is -1.86. The molecule has 0 aromatic heterocycles. The van der Waals surface area contributed by atoms with Crippen LogP contribution in [0.4, 0.5) is 0 Å². The molecule has 2 spiro atoms. The van der Waals surface area contributed by atoms with Crippen molar-refractivity contribution in [2.24, 2.45) is 23.2 Å². The van der Waals surface area contributed by atoms with Gasteiger partial charge in [-0.2, -0.15) is 0 Å². The summed E-state index contributed by atoms with van der Waals surface area (Å²) in [7, 11) is 0. The smallest absolute Gasteiger partial charge is 0.193 e. The van der Waals surface area contributed by atoms with E-state index in [4.69, 9.17) is 9.47 Å². The number of ether oxygens (including phenoxy) is 2. The SMILES string of the molecule is C=CCC(O)CCC1=C[C@H]2[C@H]([C@H]3C=C[C@]2(CCC(O)CC=C)C(=O)[C@]32CO2)C2(CO2)C1=O. The summed E-state index contributed by atoms with van der Waals surface area (Å²) in [6.07, 6.45) is 11.1. The molecule has 1 saturated carbocycles. The Morgan fingerprint density at radius 3 is 2.25 bits per heavy atom. The monoisotopic (exact) mass is 440 g/mol. The van der Waals surface area contributed by atoms with Gasteiger partial charge in [0.1, 0.15) is 0 Å². The first kappa shape index (κ1) is 22.0. The van der Waals surface area contributed by atoms with E-state index in [1.165, 1.54) is 0 Å². The standard InChI is InChI=1S/C26H32O6/c1-3-5-17(27)8-7-16-13-20-21(26(15-32-26)22(16)29)19-10-12-24(20,11-9-18(28)6-4-2)23(30)25(19)14-31-25/h3-4,10,12-13,17-21,27-28H,1-2,5-9,11,14-15H2/t17?,18?,19-,20+,21+,24+,25+,26?/m1/s1. The second-order valence-corrected chi connectivity index (χ2v) is 10.1. The lowest BCUT2D eigenvalue weighted by Gasteiger charge is -2.56. The van der Waals surface area contributed by atoms with Crippen LogP contribution in [-0.4, -0.2) is 58.4 Å². The van der Waals surface area contributed by atoms with Crippen molar-refractivity contribution in [1.82, 2.24) is 0 Å². The van der Waals surface area contributed by atoms with Gasteiger partial charge in [-0.25, -0.2) is 0 Å². The summed E-state index contributed by atoms with van der Waals surface area (Å²) in [6, 6.07) is 0. The summed E-state index contributed by atoms with van der Waals surface area (Å²) >= 11 is 0. The summed E-state index contributed by atoms with van der Waals surface area (Å²) in [5.74, 6) is -0.413. The largest absolute Gasteiger partial charge is 0.393 e. The van der Waals surface area contributed by atoms with E-state index < -0.39 is 28.8 Å². The number of Topliss-reactive ketones (excluding diaryl/α,β-unsaturated/α-hetero) is 2. The Labute approximate surface area is 188 Å². The number of allylic oxidation sites excluding steroid dienone is 2. The zero-order chi connectivity index (χ0) is 22.7. The average molecular weight is 441 g/mol. The van der Waals surface area contributed by atoms with Crippen LogP contribution in [0.3, 0.4) is 0 Å². The van der Waals surface area contributed by atoms with Crippen molar-refractivity contribution in [3.8, 4) is 0 Å². The van der Waals surface area contributed by atoms with E-state index in [9.17, 15) is 19.8 Å². The second kappa shape index (κ2) is 7.59. The molecular formula is C26H32O6. The maximum Gasteiger partial charge on any atom is 0.193 e. The van der Waals surface area contributed by atoms with E-state index in [0.29, 0.717) is 57.3 Å². The maximum atomic E-state index is 13.8. The highest BCUT2D eigenvalue weighted by Gasteiger charge is 2.79. The number of carbonyl (C=O) groups is 2. The van der Waals surface area contributed by atoms with Crippen LogP contribution in [-0.2, 0) is 19.1 Å². The first-order valence-electron chi connectivity index (χ1n) is 11.7. The van der Waals surface area contributed by atoms with Crippen LogP contribution in [0.15, 0.2) is 49.1 Å². The first-order chi connectivity index (χ1) is 15.3. The van der Waals surface area contributed by atoms with Gasteiger partial charge in [-0.05, 0) is 44.1 Å². The van der Waals surface area contributed by atoms with E-state index in [1.54, 1.807) is 12.2 Å². The minimum atomic E-state index is -0.891. The van der Waals surface area contributed by atoms with Gasteiger partial charge >= 0.3 is 0 Å². The maximum absolute atomic E-state index is 13.8. The molecule has 0 aromatic rings. The van der Waals surface area contributed by atoms with Gasteiger partial charge in [-0.3, -0.25) is 9.59 Å². The lowest BCUT2D eigenvalue weighted by molar-refractivity contribution is -0.153. The van der Waals surface area contributed by atoms with Crippen LogP contribution in [0.25, 0.3) is 0 Å². The molecule has 6 aliphatic rings. The molecular weight excluding hydrogens is 408 g/mol. The molecule has 4 aliphatic carbocycles. The van der Waals surface area contributed by atoms with E-state index in [0.717, 1.165) is 0 Å². The molecule has 0 amide bonds. The normalized spacial score (nSPS) is 42.6. The summed E-state index contributed by atoms with van der Waals surface area (Å²) in [4.78, 5) is 27.3. The lowest BCUT2D eigenvalue weighted by Crippen LogP contribution is -2.66. The van der Waals surface area contributed by atoms with Crippen molar-refractivity contribution >= 4 is 11.6 Å². The summed E-state index contributed by atoms with van der Waals surface area (Å²) in [5.41, 5.74) is -1.90. The zero-order valence-electron chi connectivity index (χ0n) is 18.4. The van der Waals surface area contributed by atoms with Gasteiger partial charge in [-0.15, -0.1) is 13.2 Å². The van der Waals surface area contributed by atoms with Crippen LogP contribution >= 0.6 is 0 Å². The quantitative estimate of drug-likeness (QED) is 0.400. The number of aliphatic hydroxyl groups excluding tert-OH is 2. The van der Waals surface area contributed by atoms with E-state index in [-0.39, 0.29) is 29.3 Å². The molecule has 2 aliphatic heterocycles. The average Bonchev–Trinajstić information content (AvgIpc) is 3.69. The second-order valence-electron chi connectivity index (χ2n) is 10.1. The van der Waals surface area contributed by atoms with Crippen molar-refractivity contribution in [1.29, 1.82) is 0 Å². The molecule has 2 heterocycles. The fraction of sp³-hybridized carbons (Fsp3) is 0.615. The molecule has 0 aromatic carbocycles. The number of epoxide rings is 2. The number of carbonyl (C=O) groups excluding carboxylic acids is 2. The molecule has 6 heteroatoms. The Balaban J connectivity index is 1.51. The first-order valence-corrected chi connectivity index (χ1v) is 11.7. The molecule has 32 heavy (non-hydrogen) atoms. The minimum Gasteiger partial charge on any atom is -0.393 e.